The quantitative estimate of drug-likeness (QED) is 0.833. The van der Waals surface area contributed by atoms with Crippen LogP contribution in [0.1, 0.15) is 36.7 Å². The topological polar surface area (TPSA) is 63.2 Å². The Kier molecular flexibility index (Phi) is 4.65. The van der Waals surface area contributed by atoms with E-state index in [0.29, 0.717) is 17.7 Å². The number of carbonyl (C=O) groups excluding carboxylic acids is 1. The predicted octanol–water partition coefficient (Wildman–Crippen LogP) is 2.13. The summed E-state index contributed by atoms with van der Waals surface area (Å²) in [6.07, 6.45) is 0. The monoisotopic (exact) mass is 269 g/mol. The number of hydrogen-bond donors (Lipinski definition) is 1. The van der Waals surface area contributed by atoms with Gasteiger partial charge < -0.3 is 0 Å². The van der Waals surface area contributed by atoms with Crippen LogP contribution < -0.4 is 4.72 Å². The van der Waals surface area contributed by atoms with Crippen molar-refractivity contribution in [2.75, 3.05) is 6.54 Å². The van der Waals surface area contributed by atoms with Crippen molar-refractivity contribution in [1.82, 2.24) is 4.72 Å². The highest BCUT2D eigenvalue weighted by atomic mass is 32.2. The number of benzene rings is 1. The molecule has 18 heavy (non-hydrogen) atoms. The zero-order valence-electron chi connectivity index (χ0n) is 11.1. The maximum Gasteiger partial charge on any atom is 0.240 e. The highest BCUT2D eigenvalue weighted by Crippen LogP contribution is 2.19. The highest BCUT2D eigenvalue weighted by Gasteiger charge is 2.19. The van der Waals surface area contributed by atoms with E-state index in [0.717, 1.165) is 0 Å². The molecule has 0 amide bonds. The van der Waals surface area contributed by atoms with Gasteiger partial charge in [0.15, 0.2) is 5.78 Å². The van der Waals surface area contributed by atoms with Crippen LogP contribution in [0.5, 0.6) is 0 Å². The summed E-state index contributed by atoms with van der Waals surface area (Å²) in [4.78, 5) is 12.1. The van der Waals surface area contributed by atoms with Crippen molar-refractivity contribution in [2.24, 2.45) is 5.92 Å². The third kappa shape index (κ3) is 3.17. The zero-order chi connectivity index (χ0) is 13.9. The van der Waals surface area contributed by atoms with E-state index in [2.05, 4.69) is 4.72 Å². The molecule has 0 radical (unpaired) electrons. The van der Waals surface area contributed by atoms with Gasteiger partial charge in [0.1, 0.15) is 0 Å². The standard InChI is InChI=1S/C13H19NO3S/c1-5-14-18(16,17)12-8-11(7-6-10(12)4)13(15)9(2)3/h6-9,14H,5H2,1-4H3. The van der Waals surface area contributed by atoms with Crippen LogP contribution in [0.3, 0.4) is 0 Å². The summed E-state index contributed by atoms with van der Waals surface area (Å²) in [7, 11) is -3.52. The first-order valence-corrected chi connectivity index (χ1v) is 7.42. The molecule has 1 aromatic rings. The lowest BCUT2D eigenvalue weighted by Gasteiger charge is -2.10. The highest BCUT2D eigenvalue weighted by molar-refractivity contribution is 7.89. The molecule has 0 unspecified atom stereocenters. The number of rotatable bonds is 5. The molecule has 0 saturated heterocycles. The molecule has 1 aromatic carbocycles. The fraction of sp³-hybridized carbons (Fsp3) is 0.462. The molecule has 0 spiro atoms. The molecular weight excluding hydrogens is 250 g/mol. The van der Waals surface area contributed by atoms with Crippen molar-refractivity contribution in [3.63, 3.8) is 0 Å². The lowest BCUT2D eigenvalue weighted by molar-refractivity contribution is 0.0939. The van der Waals surface area contributed by atoms with Crippen molar-refractivity contribution in [3.8, 4) is 0 Å². The Morgan fingerprint density at radius 3 is 2.44 bits per heavy atom. The Bertz CT molecular complexity index is 547. The molecule has 0 atom stereocenters. The van der Waals surface area contributed by atoms with Gasteiger partial charge in [-0.15, -0.1) is 0 Å². The second kappa shape index (κ2) is 5.63. The average Bonchev–Trinajstić information content (AvgIpc) is 2.28. The lowest BCUT2D eigenvalue weighted by atomic mass is 10.0. The van der Waals surface area contributed by atoms with E-state index in [4.69, 9.17) is 0 Å². The van der Waals surface area contributed by atoms with Crippen molar-refractivity contribution in [3.05, 3.63) is 29.3 Å². The molecule has 1 N–H and O–H groups in total. The molecule has 0 bridgehead atoms. The van der Waals surface area contributed by atoms with E-state index in [1.54, 1.807) is 39.8 Å². The maximum atomic E-state index is 12.0. The van der Waals surface area contributed by atoms with Crippen LogP contribution in [-0.2, 0) is 10.0 Å². The number of sulfonamides is 1. The van der Waals surface area contributed by atoms with E-state index in [1.807, 2.05) is 0 Å². The van der Waals surface area contributed by atoms with Crippen LogP contribution in [0.15, 0.2) is 23.1 Å². The van der Waals surface area contributed by atoms with E-state index >= 15 is 0 Å². The smallest absolute Gasteiger partial charge is 0.240 e. The number of ketones is 1. The van der Waals surface area contributed by atoms with Crippen molar-refractivity contribution in [1.29, 1.82) is 0 Å². The van der Waals surface area contributed by atoms with Gasteiger partial charge in [-0.1, -0.05) is 32.9 Å². The molecule has 0 heterocycles. The van der Waals surface area contributed by atoms with Gasteiger partial charge in [0.05, 0.1) is 4.90 Å². The summed E-state index contributed by atoms with van der Waals surface area (Å²) in [6.45, 7) is 7.34. The zero-order valence-corrected chi connectivity index (χ0v) is 12.0. The molecule has 0 saturated carbocycles. The minimum Gasteiger partial charge on any atom is -0.294 e. The molecule has 100 valence electrons. The van der Waals surface area contributed by atoms with Gasteiger partial charge in [-0.2, -0.15) is 0 Å². The van der Waals surface area contributed by atoms with Crippen LogP contribution in [0.4, 0.5) is 0 Å². The summed E-state index contributed by atoms with van der Waals surface area (Å²) in [6, 6.07) is 4.79. The van der Waals surface area contributed by atoms with Gasteiger partial charge in [-0.3, -0.25) is 4.79 Å². The first-order valence-electron chi connectivity index (χ1n) is 5.94. The van der Waals surface area contributed by atoms with Crippen molar-refractivity contribution >= 4 is 15.8 Å². The molecule has 0 aliphatic carbocycles. The van der Waals surface area contributed by atoms with Gasteiger partial charge in [0.25, 0.3) is 0 Å². The molecule has 0 aliphatic rings. The molecule has 0 fully saturated rings. The minimum absolute atomic E-state index is 0.0528. The first kappa shape index (κ1) is 14.9. The minimum atomic E-state index is -3.52. The SMILES string of the molecule is CCNS(=O)(=O)c1cc(C(=O)C(C)C)ccc1C. The van der Waals surface area contributed by atoms with E-state index in [-0.39, 0.29) is 16.6 Å². The summed E-state index contributed by atoms with van der Waals surface area (Å²) in [5.41, 5.74) is 1.07. The van der Waals surface area contributed by atoms with Gasteiger partial charge in [0, 0.05) is 18.0 Å². The van der Waals surface area contributed by atoms with Gasteiger partial charge in [-0.05, 0) is 18.6 Å². The Balaban J connectivity index is 3.30. The molecular formula is C13H19NO3S. The second-order valence-electron chi connectivity index (χ2n) is 4.50. The largest absolute Gasteiger partial charge is 0.294 e. The van der Waals surface area contributed by atoms with Gasteiger partial charge >= 0.3 is 0 Å². The Hall–Kier alpha value is -1.20. The molecule has 0 aliphatic heterocycles. The number of aryl methyl sites for hydroxylation is 1. The fourth-order valence-corrected chi connectivity index (χ4v) is 2.95. The normalized spacial score (nSPS) is 11.8. The molecule has 4 nitrogen and oxygen atoms in total. The predicted molar refractivity (Wildman–Crippen MR) is 71.2 cm³/mol. The van der Waals surface area contributed by atoms with Gasteiger partial charge in [0.2, 0.25) is 10.0 Å². The number of nitrogens with one attached hydrogen (secondary N) is 1. The van der Waals surface area contributed by atoms with E-state index in [9.17, 15) is 13.2 Å². The van der Waals surface area contributed by atoms with E-state index in [1.165, 1.54) is 6.07 Å². The third-order valence-corrected chi connectivity index (χ3v) is 4.31. The Morgan fingerprint density at radius 2 is 1.94 bits per heavy atom. The molecule has 1 rings (SSSR count). The second-order valence-corrected chi connectivity index (χ2v) is 6.24. The lowest BCUT2D eigenvalue weighted by Crippen LogP contribution is -2.24. The Morgan fingerprint density at radius 1 is 1.33 bits per heavy atom. The van der Waals surface area contributed by atoms with E-state index < -0.39 is 10.0 Å². The number of carbonyl (C=O) groups is 1. The Labute approximate surface area is 108 Å². The van der Waals surface area contributed by atoms with Crippen LogP contribution in [0.25, 0.3) is 0 Å². The third-order valence-electron chi connectivity index (χ3n) is 2.62. The van der Waals surface area contributed by atoms with Crippen LogP contribution in [-0.4, -0.2) is 20.7 Å². The fourth-order valence-electron chi connectivity index (χ4n) is 1.64. The summed E-state index contributed by atoms with van der Waals surface area (Å²) < 4.78 is 26.4. The van der Waals surface area contributed by atoms with Crippen molar-refractivity contribution < 1.29 is 13.2 Å². The average molecular weight is 269 g/mol. The number of Topliss-reactive ketones (excluding diaryl/α,β-unsaturated/α-hetero) is 1. The maximum absolute atomic E-state index is 12.0. The van der Waals surface area contributed by atoms with Crippen LogP contribution in [0, 0.1) is 12.8 Å². The van der Waals surface area contributed by atoms with Crippen molar-refractivity contribution in [2.45, 2.75) is 32.6 Å². The van der Waals surface area contributed by atoms with Crippen LogP contribution in [0.2, 0.25) is 0 Å². The summed E-state index contributed by atoms with van der Waals surface area (Å²) in [5.74, 6) is -0.203. The number of hydrogen-bond acceptors (Lipinski definition) is 3. The summed E-state index contributed by atoms with van der Waals surface area (Å²) in [5, 5.41) is 0. The van der Waals surface area contributed by atoms with Gasteiger partial charge in [-0.25, -0.2) is 13.1 Å². The summed E-state index contributed by atoms with van der Waals surface area (Å²) >= 11 is 0. The van der Waals surface area contributed by atoms with Crippen LogP contribution >= 0.6 is 0 Å². The molecule has 0 aromatic heterocycles. The molecule has 5 heteroatoms. The first-order chi connectivity index (χ1) is 8.29.